The fourth-order valence-corrected chi connectivity index (χ4v) is 6.92. The van der Waals surface area contributed by atoms with E-state index in [1.54, 1.807) is 4.31 Å². The van der Waals surface area contributed by atoms with Crippen LogP contribution < -0.4 is 10.2 Å². The highest BCUT2D eigenvalue weighted by Crippen LogP contribution is 2.31. The number of benzene rings is 2. The first kappa shape index (κ1) is 24.7. The third-order valence-corrected chi connectivity index (χ3v) is 9.40. The second kappa shape index (κ2) is 10.1. The number of sulfonamides is 1. The number of piperidine rings is 1. The summed E-state index contributed by atoms with van der Waals surface area (Å²) in [5, 5.41) is 3.01. The number of hydrogen-bond donors (Lipinski definition) is 1. The molecule has 0 unspecified atom stereocenters. The maximum atomic E-state index is 13.5. The second-order valence-corrected chi connectivity index (χ2v) is 11.3. The van der Waals surface area contributed by atoms with Crippen molar-refractivity contribution in [2.75, 3.05) is 49.6 Å². The minimum Gasteiger partial charge on any atom is -0.378 e. The molecule has 2 fully saturated rings. The van der Waals surface area contributed by atoms with Crippen molar-refractivity contribution in [1.82, 2.24) is 4.31 Å². The van der Waals surface area contributed by atoms with Crippen LogP contribution in [-0.2, 0) is 19.6 Å². The van der Waals surface area contributed by atoms with Gasteiger partial charge in [0, 0.05) is 43.5 Å². The summed E-state index contributed by atoms with van der Waals surface area (Å²) < 4.78 is 33.9. The highest BCUT2D eigenvalue weighted by atomic mass is 32.2. The first-order chi connectivity index (χ1) is 16.2. The first-order valence-corrected chi connectivity index (χ1v) is 13.4. The Labute approximate surface area is 203 Å². The quantitative estimate of drug-likeness (QED) is 0.697. The zero-order chi connectivity index (χ0) is 24.5. The van der Waals surface area contributed by atoms with Crippen molar-refractivity contribution in [3.63, 3.8) is 0 Å². The smallest absolute Gasteiger partial charge is 0.243 e. The molecule has 1 N–H and O–H groups in total. The van der Waals surface area contributed by atoms with Crippen LogP contribution in [0, 0.1) is 33.6 Å². The number of nitrogens with one attached hydrogen (secondary N) is 1. The average molecular weight is 486 g/mol. The molecule has 0 bridgehead atoms. The van der Waals surface area contributed by atoms with Crippen molar-refractivity contribution < 1.29 is 17.9 Å². The lowest BCUT2D eigenvalue weighted by Crippen LogP contribution is -2.41. The molecule has 8 heteroatoms. The van der Waals surface area contributed by atoms with Crippen LogP contribution in [0.1, 0.15) is 35.1 Å². The van der Waals surface area contributed by atoms with E-state index in [1.807, 2.05) is 58.0 Å². The van der Waals surface area contributed by atoms with Crippen molar-refractivity contribution in [2.45, 2.75) is 45.4 Å². The van der Waals surface area contributed by atoms with Crippen molar-refractivity contribution in [1.29, 1.82) is 0 Å². The molecule has 0 spiro atoms. The van der Waals surface area contributed by atoms with Gasteiger partial charge in [-0.3, -0.25) is 4.79 Å². The van der Waals surface area contributed by atoms with Gasteiger partial charge in [0.1, 0.15) is 0 Å². The van der Waals surface area contributed by atoms with E-state index in [4.69, 9.17) is 4.74 Å². The minimum atomic E-state index is -3.60. The monoisotopic (exact) mass is 485 g/mol. The molecular formula is C26H35N3O4S. The number of rotatable bonds is 5. The summed E-state index contributed by atoms with van der Waals surface area (Å²) in [5.41, 5.74) is 5.47. The summed E-state index contributed by atoms with van der Waals surface area (Å²) in [4.78, 5) is 15.6. The van der Waals surface area contributed by atoms with Crippen LogP contribution in [0.5, 0.6) is 0 Å². The van der Waals surface area contributed by atoms with E-state index in [2.05, 4.69) is 10.2 Å². The summed E-state index contributed by atoms with van der Waals surface area (Å²) in [6.07, 6.45) is 1.03. The molecule has 34 heavy (non-hydrogen) atoms. The van der Waals surface area contributed by atoms with E-state index in [1.165, 1.54) is 0 Å². The Morgan fingerprint density at radius 3 is 2.03 bits per heavy atom. The number of nitrogens with zero attached hydrogens (tertiary/aromatic N) is 2. The molecule has 0 atom stereocenters. The Morgan fingerprint density at radius 1 is 0.912 bits per heavy atom. The number of aryl methyl sites for hydroxylation is 2. The predicted octanol–water partition coefficient (Wildman–Crippen LogP) is 3.80. The van der Waals surface area contributed by atoms with Crippen molar-refractivity contribution in [2.24, 2.45) is 5.92 Å². The average Bonchev–Trinajstić information content (AvgIpc) is 2.84. The molecule has 0 radical (unpaired) electrons. The van der Waals surface area contributed by atoms with Gasteiger partial charge in [-0.25, -0.2) is 8.42 Å². The van der Waals surface area contributed by atoms with Crippen molar-refractivity contribution >= 4 is 27.3 Å². The summed E-state index contributed by atoms with van der Waals surface area (Å²) in [6, 6.07) is 9.92. The number of anilines is 2. The lowest BCUT2D eigenvalue weighted by molar-refractivity contribution is -0.120. The lowest BCUT2D eigenvalue weighted by Gasteiger charge is -2.32. The standard InChI is InChI=1S/C26H35N3O4S/c1-18-17-19(2)21(4)25(20(18)3)34(31,32)29-11-9-22(10-12-29)26(30)27-23-5-7-24(8-6-23)28-13-15-33-16-14-28/h5-8,17,22H,9-16H2,1-4H3,(H,27,30). The molecule has 1 amide bonds. The zero-order valence-electron chi connectivity index (χ0n) is 20.6. The van der Waals surface area contributed by atoms with Crippen LogP contribution in [0.25, 0.3) is 0 Å². The van der Waals surface area contributed by atoms with Crippen LogP contribution in [0.3, 0.4) is 0 Å². The number of carbonyl (C=O) groups is 1. The summed E-state index contributed by atoms with van der Waals surface area (Å²) in [6.45, 7) is 11.5. The number of carbonyl (C=O) groups excluding carboxylic acids is 1. The topological polar surface area (TPSA) is 79.0 Å². The van der Waals surface area contributed by atoms with E-state index in [-0.39, 0.29) is 11.8 Å². The molecule has 2 heterocycles. The predicted molar refractivity (Wildman–Crippen MR) is 135 cm³/mol. The van der Waals surface area contributed by atoms with Gasteiger partial charge in [-0.15, -0.1) is 0 Å². The van der Waals surface area contributed by atoms with E-state index < -0.39 is 10.0 Å². The molecule has 2 aliphatic heterocycles. The van der Waals surface area contributed by atoms with Crippen LogP contribution >= 0.6 is 0 Å². The number of amides is 1. The zero-order valence-corrected chi connectivity index (χ0v) is 21.4. The van der Waals surface area contributed by atoms with E-state index in [9.17, 15) is 13.2 Å². The van der Waals surface area contributed by atoms with Gasteiger partial charge in [0.15, 0.2) is 0 Å². The lowest BCUT2D eigenvalue weighted by atomic mass is 9.97. The molecule has 0 saturated carbocycles. The fraction of sp³-hybridized carbons (Fsp3) is 0.500. The molecule has 2 aromatic rings. The van der Waals surface area contributed by atoms with Crippen molar-refractivity contribution in [3.05, 3.63) is 52.6 Å². The normalized spacial score (nSPS) is 18.2. The first-order valence-electron chi connectivity index (χ1n) is 12.0. The molecular weight excluding hydrogens is 450 g/mol. The molecule has 2 aliphatic rings. The van der Waals surface area contributed by atoms with Gasteiger partial charge in [-0.2, -0.15) is 4.31 Å². The molecule has 2 saturated heterocycles. The Balaban J connectivity index is 1.38. The van der Waals surface area contributed by atoms with Gasteiger partial charge in [0.2, 0.25) is 15.9 Å². The Bertz CT molecular complexity index is 1120. The molecule has 4 rings (SSSR count). The SMILES string of the molecule is Cc1cc(C)c(C)c(S(=O)(=O)N2CCC(C(=O)Nc3ccc(N4CCOCC4)cc3)CC2)c1C. The van der Waals surface area contributed by atoms with Gasteiger partial charge >= 0.3 is 0 Å². The molecule has 184 valence electrons. The van der Waals surface area contributed by atoms with Gasteiger partial charge in [-0.05, 0) is 87.1 Å². The highest BCUT2D eigenvalue weighted by Gasteiger charge is 2.34. The molecule has 2 aromatic carbocycles. The minimum absolute atomic E-state index is 0.0464. The molecule has 7 nitrogen and oxygen atoms in total. The Kier molecular flexibility index (Phi) is 7.31. The maximum Gasteiger partial charge on any atom is 0.243 e. The van der Waals surface area contributed by atoms with Crippen molar-refractivity contribution in [3.8, 4) is 0 Å². The third kappa shape index (κ3) is 4.99. The number of morpholine rings is 1. The largest absolute Gasteiger partial charge is 0.378 e. The Morgan fingerprint density at radius 2 is 1.47 bits per heavy atom. The van der Waals surface area contributed by atoms with Crippen LogP contribution in [0.4, 0.5) is 11.4 Å². The van der Waals surface area contributed by atoms with Gasteiger partial charge in [0.05, 0.1) is 18.1 Å². The number of ether oxygens (including phenoxy) is 1. The summed E-state index contributed by atoms with van der Waals surface area (Å²) >= 11 is 0. The highest BCUT2D eigenvalue weighted by molar-refractivity contribution is 7.89. The summed E-state index contributed by atoms with van der Waals surface area (Å²) in [5.74, 6) is -0.248. The Hall–Kier alpha value is -2.42. The van der Waals surface area contributed by atoms with Crippen LogP contribution in [0.15, 0.2) is 35.2 Å². The van der Waals surface area contributed by atoms with Crippen LogP contribution in [0.2, 0.25) is 0 Å². The van der Waals surface area contributed by atoms with E-state index >= 15 is 0 Å². The van der Waals surface area contributed by atoms with Crippen LogP contribution in [-0.4, -0.2) is 58.0 Å². The molecule has 0 aromatic heterocycles. The summed E-state index contributed by atoms with van der Waals surface area (Å²) in [7, 11) is -3.60. The third-order valence-electron chi connectivity index (χ3n) is 7.23. The second-order valence-electron chi connectivity index (χ2n) is 9.40. The van der Waals surface area contributed by atoms with Gasteiger partial charge in [0.25, 0.3) is 0 Å². The molecule has 0 aliphatic carbocycles. The van der Waals surface area contributed by atoms with E-state index in [0.29, 0.717) is 30.8 Å². The van der Waals surface area contributed by atoms with E-state index in [0.717, 1.165) is 59.9 Å². The maximum absolute atomic E-state index is 13.5. The van der Waals surface area contributed by atoms with Gasteiger partial charge in [-0.1, -0.05) is 6.07 Å². The number of hydrogen-bond acceptors (Lipinski definition) is 5. The fourth-order valence-electron chi connectivity index (χ4n) is 4.88. The van der Waals surface area contributed by atoms with Gasteiger partial charge < -0.3 is 15.0 Å².